The van der Waals surface area contributed by atoms with Crippen molar-refractivity contribution in [3.8, 4) is 0 Å². The Morgan fingerprint density at radius 1 is 1.59 bits per heavy atom. The first-order chi connectivity index (χ1) is 7.94. The first kappa shape index (κ1) is 13.8. The summed E-state index contributed by atoms with van der Waals surface area (Å²) in [5.74, 6) is 0.344. The molecular formula is C12H19N3OS. The van der Waals surface area contributed by atoms with E-state index in [2.05, 4.69) is 10.3 Å². The van der Waals surface area contributed by atoms with Crippen LogP contribution in [0.4, 0.5) is 5.69 Å². The standard InChI is InChI=1S/C12H19N3OS/c1-4-12(2,3)15-10(16)8-17-11-9(13)6-5-7-14-11/h5-7H,4,8,13H2,1-3H3,(H,15,16). The van der Waals surface area contributed by atoms with E-state index in [9.17, 15) is 4.79 Å². The van der Waals surface area contributed by atoms with Gasteiger partial charge >= 0.3 is 0 Å². The Balaban J connectivity index is 2.47. The molecule has 0 aliphatic heterocycles. The van der Waals surface area contributed by atoms with Gasteiger partial charge in [-0.2, -0.15) is 0 Å². The van der Waals surface area contributed by atoms with Crippen LogP contribution in [-0.4, -0.2) is 22.2 Å². The number of nitrogens with one attached hydrogen (secondary N) is 1. The quantitative estimate of drug-likeness (QED) is 0.788. The first-order valence-electron chi connectivity index (χ1n) is 5.59. The molecule has 0 aromatic carbocycles. The fourth-order valence-corrected chi connectivity index (χ4v) is 1.87. The predicted octanol–water partition coefficient (Wildman–Crippen LogP) is 2.06. The van der Waals surface area contributed by atoms with Gasteiger partial charge in [0.2, 0.25) is 5.91 Å². The molecule has 0 saturated heterocycles. The molecule has 0 fully saturated rings. The van der Waals surface area contributed by atoms with Gasteiger partial charge in [0.15, 0.2) is 0 Å². The summed E-state index contributed by atoms with van der Waals surface area (Å²) in [5.41, 5.74) is 6.20. The second-order valence-electron chi connectivity index (χ2n) is 4.47. The monoisotopic (exact) mass is 253 g/mol. The summed E-state index contributed by atoms with van der Waals surface area (Å²) in [4.78, 5) is 15.8. The van der Waals surface area contributed by atoms with Crippen LogP contribution in [0.25, 0.3) is 0 Å². The van der Waals surface area contributed by atoms with Gasteiger partial charge in [0.1, 0.15) is 5.03 Å². The van der Waals surface area contributed by atoms with E-state index in [-0.39, 0.29) is 11.4 Å². The molecule has 0 atom stereocenters. The van der Waals surface area contributed by atoms with Crippen molar-refractivity contribution in [2.45, 2.75) is 37.8 Å². The number of pyridine rings is 1. The topological polar surface area (TPSA) is 68.0 Å². The number of amides is 1. The molecule has 0 saturated carbocycles. The minimum Gasteiger partial charge on any atom is -0.397 e. The molecule has 1 rings (SSSR count). The molecule has 1 aromatic heterocycles. The third-order valence-electron chi connectivity index (χ3n) is 2.50. The van der Waals surface area contributed by atoms with Gasteiger partial charge in [0, 0.05) is 11.7 Å². The molecule has 1 aromatic rings. The predicted molar refractivity (Wildman–Crippen MR) is 71.9 cm³/mol. The Hall–Kier alpha value is -1.23. The van der Waals surface area contributed by atoms with Crippen molar-refractivity contribution in [3.63, 3.8) is 0 Å². The SMILES string of the molecule is CCC(C)(C)NC(=O)CSc1ncccc1N. The fraction of sp³-hybridized carbons (Fsp3) is 0.500. The van der Waals surface area contributed by atoms with Crippen molar-refractivity contribution < 1.29 is 4.79 Å². The van der Waals surface area contributed by atoms with Gasteiger partial charge in [-0.05, 0) is 32.4 Å². The summed E-state index contributed by atoms with van der Waals surface area (Å²) in [7, 11) is 0. The summed E-state index contributed by atoms with van der Waals surface area (Å²) >= 11 is 1.36. The van der Waals surface area contributed by atoms with Crippen LogP contribution in [0.5, 0.6) is 0 Å². The molecular weight excluding hydrogens is 234 g/mol. The van der Waals surface area contributed by atoms with Crippen LogP contribution in [0.15, 0.2) is 23.4 Å². The number of rotatable bonds is 5. The van der Waals surface area contributed by atoms with E-state index in [4.69, 9.17) is 5.73 Å². The van der Waals surface area contributed by atoms with Gasteiger partial charge in [-0.25, -0.2) is 4.98 Å². The minimum atomic E-state index is -0.159. The van der Waals surface area contributed by atoms with E-state index in [1.807, 2.05) is 20.8 Å². The number of anilines is 1. The number of carbonyl (C=O) groups excluding carboxylic acids is 1. The lowest BCUT2D eigenvalue weighted by atomic mass is 10.0. The summed E-state index contributed by atoms with van der Waals surface area (Å²) in [5, 5.41) is 3.67. The lowest BCUT2D eigenvalue weighted by molar-refractivity contribution is -0.120. The Bertz CT molecular complexity index is 393. The van der Waals surface area contributed by atoms with Gasteiger partial charge in [0.25, 0.3) is 0 Å². The second-order valence-corrected chi connectivity index (χ2v) is 5.44. The Morgan fingerprint density at radius 3 is 2.88 bits per heavy atom. The maximum absolute atomic E-state index is 11.7. The molecule has 0 aliphatic carbocycles. The van der Waals surface area contributed by atoms with Crippen molar-refractivity contribution in [1.29, 1.82) is 0 Å². The Morgan fingerprint density at radius 2 is 2.29 bits per heavy atom. The van der Waals surface area contributed by atoms with E-state index in [1.54, 1.807) is 18.3 Å². The number of thioether (sulfide) groups is 1. The number of nitrogen functional groups attached to an aromatic ring is 1. The average molecular weight is 253 g/mol. The molecule has 0 radical (unpaired) electrons. The zero-order valence-electron chi connectivity index (χ0n) is 10.5. The molecule has 0 bridgehead atoms. The van der Waals surface area contributed by atoms with Crippen molar-refractivity contribution in [3.05, 3.63) is 18.3 Å². The smallest absolute Gasteiger partial charge is 0.230 e. The first-order valence-corrected chi connectivity index (χ1v) is 6.57. The summed E-state index contributed by atoms with van der Waals surface area (Å²) in [6.07, 6.45) is 2.57. The molecule has 3 N–H and O–H groups in total. The Kier molecular flexibility index (Phi) is 4.81. The van der Waals surface area contributed by atoms with Crippen molar-refractivity contribution in [1.82, 2.24) is 10.3 Å². The van der Waals surface area contributed by atoms with Crippen LogP contribution in [0, 0.1) is 0 Å². The summed E-state index contributed by atoms with van der Waals surface area (Å²) in [6.45, 7) is 6.06. The number of nitrogens with zero attached hydrogens (tertiary/aromatic N) is 1. The van der Waals surface area contributed by atoms with E-state index >= 15 is 0 Å². The van der Waals surface area contributed by atoms with Crippen molar-refractivity contribution >= 4 is 23.4 Å². The number of hydrogen-bond acceptors (Lipinski definition) is 4. The van der Waals surface area contributed by atoms with E-state index in [0.29, 0.717) is 16.5 Å². The summed E-state index contributed by atoms with van der Waals surface area (Å²) in [6, 6.07) is 3.56. The normalized spacial score (nSPS) is 11.2. The van der Waals surface area contributed by atoms with E-state index in [1.165, 1.54) is 11.8 Å². The Labute approximate surface area is 106 Å². The highest BCUT2D eigenvalue weighted by Gasteiger charge is 2.17. The molecule has 0 spiro atoms. The summed E-state index contributed by atoms with van der Waals surface area (Å²) < 4.78 is 0. The number of nitrogens with two attached hydrogens (primary N) is 1. The molecule has 94 valence electrons. The van der Waals surface area contributed by atoms with Gasteiger partial charge in [-0.3, -0.25) is 4.79 Å². The van der Waals surface area contributed by atoms with Gasteiger partial charge in [-0.15, -0.1) is 0 Å². The fourth-order valence-electron chi connectivity index (χ4n) is 1.16. The maximum atomic E-state index is 11.7. The van der Waals surface area contributed by atoms with Crippen molar-refractivity contribution in [2.24, 2.45) is 0 Å². The van der Waals surface area contributed by atoms with Crippen LogP contribution in [-0.2, 0) is 4.79 Å². The van der Waals surface area contributed by atoms with Crippen LogP contribution in [0.2, 0.25) is 0 Å². The average Bonchev–Trinajstić information content (AvgIpc) is 2.27. The highest BCUT2D eigenvalue weighted by Crippen LogP contribution is 2.21. The number of aromatic nitrogens is 1. The lowest BCUT2D eigenvalue weighted by Crippen LogP contribution is -2.43. The molecule has 5 heteroatoms. The third kappa shape index (κ3) is 4.65. The largest absolute Gasteiger partial charge is 0.397 e. The van der Waals surface area contributed by atoms with E-state index < -0.39 is 0 Å². The molecule has 0 aliphatic rings. The molecule has 4 nitrogen and oxygen atoms in total. The van der Waals surface area contributed by atoms with Crippen LogP contribution in [0.3, 0.4) is 0 Å². The highest BCUT2D eigenvalue weighted by molar-refractivity contribution is 8.00. The third-order valence-corrected chi connectivity index (χ3v) is 3.52. The van der Waals surface area contributed by atoms with Crippen LogP contribution in [0.1, 0.15) is 27.2 Å². The van der Waals surface area contributed by atoms with Crippen LogP contribution < -0.4 is 11.1 Å². The lowest BCUT2D eigenvalue weighted by Gasteiger charge is -2.24. The molecule has 1 heterocycles. The van der Waals surface area contributed by atoms with E-state index in [0.717, 1.165) is 6.42 Å². The zero-order chi connectivity index (χ0) is 12.9. The van der Waals surface area contributed by atoms with Crippen LogP contribution >= 0.6 is 11.8 Å². The van der Waals surface area contributed by atoms with Gasteiger partial charge in [-0.1, -0.05) is 18.7 Å². The van der Waals surface area contributed by atoms with Gasteiger partial charge < -0.3 is 11.1 Å². The molecule has 1 amide bonds. The maximum Gasteiger partial charge on any atom is 0.230 e. The number of hydrogen-bond donors (Lipinski definition) is 2. The molecule has 17 heavy (non-hydrogen) atoms. The highest BCUT2D eigenvalue weighted by atomic mass is 32.2. The second kappa shape index (κ2) is 5.91. The minimum absolute atomic E-state index is 0.00639. The number of carbonyl (C=O) groups is 1. The van der Waals surface area contributed by atoms with Gasteiger partial charge in [0.05, 0.1) is 11.4 Å². The zero-order valence-corrected chi connectivity index (χ0v) is 11.3. The molecule has 0 unspecified atom stereocenters. The van der Waals surface area contributed by atoms with Crippen molar-refractivity contribution in [2.75, 3.05) is 11.5 Å².